The van der Waals surface area contributed by atoms with Gasteiger partial charge >= 0.3 is 5.97 Å². The summed E-state index contributed by atoms with van der Waals surface area (Å²) in [5, 5.41) is 0. The number of amides is 1. The van der Waals surface area contributed by atoms with Crippen molar-refractivity contribution >= 4 is 17.6 Å². The number of carbonyl (C=O) groups excluding carboxylic acids is 2. The monoisotopic (exact) mass is 250 g/mol. The Bertz CT molecular complexity index is 418. The Morgan fingerprint density at radius 3 is 2.50 bits per heavy atom. The second-order valence-electron chi connectivity index (χ2n) is 4.35. The smallest absolute Gasteiger partial charge is 0.318 e. The number of carbonyl (C=O) groups is 2. The molecule has 0 saturated carbocycles. The van der Waals surface area contributed by atoms with E-state index in [9.17, 15) is 9.59 Å². The Labute approximate surface area is 107 Å². The number of nitrogens with zero attached hydrogens (tertiary/aromatic N) is 2. The Balaban J connectivity index is 2.94. The average molecular weight is 250 g/mol. The number of anilines is 1. The van der Waals surface area contributed by atoms with Crippen LogP contribution in [0.5, 0.6) is 0 Å². The molecule has 1 aromatic rings. The number of methoxy groups -OCH3 is 1. The first kappa shape index (κ1) is 14.2. The molecule has 0 aliphatic carbocycles. The number of pyridine rings is 1. The summed E-state index contributed by atoms with van der Waals surface area (Å²) >= 11 is 0. The summed E-state index contributed by atoms with van der Waals surface area (Å²) in [5.74, 6) is -1.71. The lowest BCUT2D eigenvalue weighted by atomic mass is 9.94. The fourth-order valence-corrected chi connectivity index (χ4v) is 1.67. The quantitative estimate of drug-likeness (QED) is 0.600. The summed E-state index contributed by atoms with van der Waals surface area (Å²) in [6, 6.07) is 3.50. The number of aromatic nitrogens is 1. The van der Waals surface area contributed by atoms with Gasteiger partial charge in [0.15, 0.2) is 0 Å². The first-order chi connectivity index (χ1) is 8.49. The highest BCUT2D eigenvalue weighted by Crippen LogP contribution is 2.19. The standard InChI is InChI=1S/C13H18N2O3/c1-9(2)11(13(17)18-4)12(16)15(3)10-6-5-7-14-8-10/h5-9,11H,1-4H3. The number of rotatable bonds is 4. The fraction of sp³-hybridized carbons (Fsp3) is 0.462. The van der Waals surface area contributed by atoms with E-state index < -0.39 is 11.9 Å². The molecule has 5 nitrogen and oxygen atoms in total. The molecule has 0 N–H and O–H groups in total. The lowest BCUT2D eigenvalue weighted by Crippen LogP contribution is -2.40. The van der Waals surface area contributed by atoms with Crippen molar-refractivity contribution in [3.05, 3.63) is 24.5 Å². The molecule has 1 atom stereocenters. The van der Waals surface area contributed by atoms with E-state index in [2.05, 4.69) is 9.72 Å². The minimum Gasteiger partial charge on any atom is -0.468 e. The molecule has 0 aromatic carbocycles. The molecule has 98 valence electrons. The second-order valence-corrected chi connectivity index (χ2v) is 4.35. The summed E-state index contributed by atoms with van der Waals surface area (Å²) in [6.45, 7) is 3.63. The average Bonchev–Trinajstić information content (AvgIpc) is 2.38. The molecule has 0 fully saturated rings. The molecule has 1 amide bonds. The van der Waals surface area contributed by atoms with Crippen LogP contribution >= 0.6 is 0 Å². The predicted molar refractivity (Wildman–Crippen MR) is 68.0 cm³/mol. The molecule has 0 bridgehead atoms. The van der Waals surface area contributed by atoms with Crippen LogP contribution in [0, 0.1) is 11.8 Å². The van der Waals surface area contributed by atoms with Gasteiger partial charge in [-0.1, -0.05) is 13.8 Å². The van der Waals surface area contributed by atoms with Crippen LogP contribution in [0.3, 0.4) is 0 Å². The van der Waals surface area contributed by atoms with Crippen LogP contribution in [-0.2, 0) is 14.3 Å². The van der Waals surface area contributed by atoms with Crippen molar-refractivity contribution in [3.63, 3.8) is 0 Å². The van der Waals surface area contributed by atoms with Crippen LogP contribution in [0.1, 0.15) is 13.8 Å². The van der Waals surface area contributed by atoms with Gasteiger partial charge in [0.25, 0.3) is 0 Å². The third-order valence-electron chi connectivity index (χ3n) is 2.75. The van der Waals surface area contributed by atoms with E-state index in [1.165, 1.54) is 12.0 Å². The van der Waals surface area contributed by atoms with Gasteiger partial charge in [-0.25, -0.2) is 0 Å². The van der Waals surface area contributed by atoms with Gasteiger partial charge in [-0.15, -0.1) is 0 Å². The summed E-state index contributed by atoms with van der Waals surface area (Å²) in [6.07, 6.45) is 3.20. The number of ether oxygens (including phenoxy) is 1. The normalized spacial score (nSPS) is 12.1. The second kappa shape index (κ2) is 6.14. The van der Waals surface area contributed by atoms with Crippen LogP contribution in [0.15, 0.2) is 24.5 Å². The van der Waals surface area contributed by atoms with Crippen molar-refractivity contribution in [2.45, 2.75) is 13.8 Å². The zero-order valence-electron chi connectivity index (χ0n) is 11.1. The van der Waals surface area contributed by atoms with Gasteiger partial charge in [-0.3, -0.25) is 14.6 Å². The lowest BCUT2D eigenvalue weighted by Gasteiger charge is -2.24. The summed E-state index contributed by atoms with van der Waals surface area (Å²) in [7, 11) is 2.91. The van der Waals surface area contributed by atoms with E-state index in [0.717, 1.165) is 0 Å². The minimum atomic E-state index is -0.791. The highest BCUT2D eigenvalue weighted by atomic mass is 16.5. The van der Waals surface area contributed by atoms with Crippen LogP contribution in [-0.4, -0.2) is 31.0 Å². The molecule has 1 heterocycles. The Morgan fingerprint density at radius 1 is 1.39 bits per heavy atom. The van der Waals surface area contributed by atoms with E-state index >= 15 is 0 Å². The number of hydrogen-bond acceptors (Lipinski definition) is 4. The third-order valence-corrected chi connectivity index (χ3v) is 2.75. The van der Waals surface area contributed by atoms with Crippen LogP contribution in [0.25, 0.3) is 0 Å². The van der Waals surface area contributed by atoms with Crippen LogP contribution in [0.2, 0.25) is 0 Å². The summed E-state index contributed by atoms with van der Waals surface area (Å²) in [4.78, 5) is 29.3. The van der Waals surface area contributed by atoms with Crippen molar-refractivity contribution in [1.29, 1.82) is 0 Å². The Hall–Kier alpha value is -1.91. The van der Waals surface area contributed by atoms with E-state index in [0.29, 0.717) is 5.69 Å². The first-order valence-electron chi connectivity index (χ1n) is 5.74. The van der Waals surface area contributed by atoms with E-state index in [4.69, 9.17) is 0 Å². The first-order valence-corrected chi connectivity index (χ1v) is 5.74. The van der Waals surface area contributed by atoms with Crippen molar-refractivity contribution in [1.82, 2.24) is 4.98 Å². The molecule has 0 spiro atoms. The maximum atomic E-state index is 12.3. The lowest BCUT2D eigenvalue weighted by molar-refractivity contribution is -0.151. The zero-order chi connectivity index (χ0) is 13.7. The topological polar surface area (TPSA) is 59.5 Å². The van der Waals surface area contributed by atoms with E-state index in [-0.39, 0.29) is 11.8 Å². The summed E-state index contributed by atoms with van der Waals surface area (Å²) < 4.78 is 4.68. The molecule has 1 aromatic heterocycles. The molecule has 0 aliphatic rings. The van der Waals surface area contributed by atoms with Gasteiger partial charge in [0.05, 0.1) is 19.0 Å². The van der Waals surface area contributed by atoms with Crippen LogP contribution in [0.4, 0.5) is 5.69 Å². The van der Waals surface area contributed by atoms with E-state index in [1.807, 2.05) is 13.8 Å². The minimum absolute atomic E-state index is 0.121. The van der Waals surface area contributed by atoms with Gasteiger partial charge in [-0.05, 0) is 18.1 Å². The van der Waals surface area contributed by atoms with Gasteiger partial charge in [0.1, 0.15) is 5.92 Å². The van der Waals surface area contributed by atoms with E-state index in [1.54, 1.807) is 31.6 Å². The Kier molecular flexibility index (Phi) is 4.83. The highest BCUT2D eigenvalue weighted by Gasteiger charge is 2.33. The third kappa shape index (κ3) is 3.06. The molecule has 0 aliphatic heterocycles. The number of hydrogen-bond donors (Lipinski definition) is 0. The summed E-state index contributed by atoms with van der Waals surface area (Å²) in [5.41, 5.74) is 0.650. The largest absolute Gasteiger partial charge is 0.468 e. The highest BCUT2D eigenvalue weighted by molar-refractivity contribution is 6.06. The maximum Gasteiger partial charge on any atom is 0.318 e. The van der Waals surface area contributed by atoms with Crippen molar-refractivity contribution in [3.8, 4) is 0 Å². The molecule has 1 rings (SSSR count). The maximum absolute atomic E-state index is 12.3. The zero-order valence-corrected chi connectivity index (χ0v) is 11.1. The predicted octanol–water partition coefficient (Wildman–Crippen LogP) is 1.49. The van der Waals surface area contributed by atoms with Gasteiger partial charge in [0, 0.05) is 13.2 Å². The van der Waals surface area contributed by atoms with Crippen molar-refractivity contribution in [2.75, 3.05) is 19.1 Å². The Morgan fingerprint density at radius 2 is 2.06 bits per heavy atom. The van der Waals surface area contributed by atoms with Gasteiger partial charge < -0.3 is 9.64 Å². The molecule has 0 saturated heterocycles. The molecule has 5 heteroatoms. The molecule has 1 unspecified atom stereocenters. The molecule has 0 radical (unpaired) electrons. The fourth-order valence-electron chi connectivity index (χ4n) is 1.67. The van der Waals surface area contributed by atoms with Crippen molar-refractivity contribution < 1.29 is 14.3 Å². The molecular weight excluding hydrogens is 232 g/mol. The van der Waals surface area contributed by atoms with Crippen molar-refractivity contribution in [2.24, 2.45) is 11.8 Å². The SMILES string of the molecule is COC(=O)C(C(=O)N(C)c1cccnc1)C(C)C. The van der Waals surface area contributed by atoms with Gasteiger partial charge in [-0.2, -0.15) is 0 Å². The molecule has 18 heavy (non-hydrogen) atoms. The van der Waals surface area contributed by atoms with Gasteiger partial charge in [0.2, 0.25) is 5.91 Å². The van der Waals surface area contributed by atoms with Crippen LogP contribution < -0.4 is 4.90 Å². The number of esters is 1. The molecular formula is C13H18N2O3.